The predicted molar refractivity (Wildman–Crippen MR) is 121 cm³/mol. The Labute approximate surface area is 185 Å². The van der Waals surface area contributed by atoms with Gasteiger partial charge in [0.05, 0.1) is 29.7 Å². The van der Waals surface area contributed by atoms with Crippen molar-refractivity contribution in [3.05, 3.63) is 55.3 Å². The molecule has 0 unspecified atom stereocenters. The molecule has 160 valence electrons. The maximum absolute atomic E-state index is 12.6. The fraction of sp³-hybridized carbons (Fsp3) is 0.300. The summed E-state index contributed by atoms with van der Waals surface area (Å²) >= 11 is 2.85. The van der Waals surface area contributed by atoms with Crippen molar-refractivity contribution in [3.8, 4) is 0 Å². The molecular weight excluding hydrogens is 442 g/mol. The molecule has 0 bridgehead atoms. The van der Waals surface area contributed by atoms with Gasteiger partial charge < -0.3 is 10.1 Å². The molecule has 1 aromatic carbocycles. The van der Waals surface area contributed by atoms with Crippen molar-refractivity contribution in [2.75, 3.05) is 43.1 Å². The van der Waals surface area contributed by atoms with Gasteiger partial charge in [0, 0.05) is 29.9 Å². The molecule has 10 heteroatoms. The number of ether oxygens (including phenoxy) is 1. The summed E-state index contributed by atoms with van der Waals surface area (Å²) in [4.78, 5) is 17.7. The maximum atomic E-state index is 12.6. The molecule has 1 fully saturated rings. The van der Waals surface area contributed by atoms with Crippen molar-refractivity contribution in [1.29, 1.82) is 0 Å². The highest BCUT2D eigenvalue weighted by atomic mass is 32.2. The van der Waals surface area contributed by atoms with Crippen LogP contribution in [-0.4, -0.2) is 61.4 Å². The summed E-state index contributed by atoms with van der Waals surface area (Å²) in [6, 6.07) is 10.8. The monoisotopic (exact) mass is 465 g/mol. The van der Waals surface area contributed by atoms with Gasteiger partial charge in [0.25, 0.3) is 0 Å². The first kappa shape index (κ1) is 22.8. The number of hydrogen-bond donors (Lipinski definition) is 1. The summed E-state index contributed by atoms with van der Waals surface area (Å²) in [7, 11) is -3.57. The highest BCUT2D eigenvalue weighted by Crippen LogP contribution is 2.27. The van der Waals surface area contributed by atoms with Gasteiger partial charge in [-0.25, -0.2) is 13.4 Å². The predicted octanol–water partition coefficient (Wildman–Crippen LogP) is 3.11. The van der Waals surface area contributed by atoms with Crippen LogP contribution >= 0.6 is 23.5 Å². The van der Waals surface area contributed by atoms with Crippen LogP contribution in [0.4, 0.5) is 5.69 Å². The Morgan fingerprint density at radius 2 is 1.97 bits per heavy atom. The molecule has 1 N–H and O–H groups in total. The van der Waals surface area contributed by atoms with E-state index >= 15 is 0 Å². The zero-order valence-electron chi connectivity index (χ0n) is 16.3. The van der Waals surface area contributed by atoms with Crippen LogP contribution in [0.3, 0.4) is 0 Å². The molecule has 0 radical (unpaired) electrons. The van der Waals surface area contributed by atoms with Gasteiger partial charge in [-0.3, -0.25) is 4.79 Å². The van der Waals surface area contributed by atoms with Gasteiger partial charge in [-0.15, -0.1) is 18.3 Å². The minimum absolute atomic E-state index is 0.145. The molecule has 7 nitrogen and oxygen atoms in total. The molecule has 2 heterocycles. The normalized spacial score (nSPS) is 14.9. The van der Waals surface area contributed by atoms with E-state index in [2.05, 4.69) is 16.9 Å². The van der Waals surface area contributed by atoms with Crippen LogP contribution in [0.15, 0.2) is 70.1 Å². The number of para-hydroxylation sites is 1. The van der Waals surface area contributed by atoms with Crippen LogP contribution in [0.5, 0.6) is 0 Å². The molecule has 1 aromatic heterocycles. The number of rotatable bonds is 9. The lowest BCUT2D eigenvalue weighted by Crippen LogP contribution is -2.40. The molecule has 0 spiro atoms. The molecule has 30 heavy (non-hydrogen) atoms. The number of aromatic nitrogens is 1. The summed E-state index contributed by atoms with van der Waals surface area (Å²) in [5, 5.41) is 3.49. The molecule has 1 aliphatic heterocycles. The number of pyridine rings is 1. The average molecular weight is 466 g/mol. The van der Waals surface area contributed by atoms with Crippen LogP contribution in [0, 0.1) is 0 Å². The molecule has 2 aromatic rings. The molecule has 1 saturated heterocycles. The van der Waals surface area contributed by atoms with Crippen LogP contribution < -0.4 is 5.32 Å². The third kappa shape index (κ3) is 6.08. The number of carbonyl (C=O) groups is 1. The Bertz CT molecular complexity index is 975. The van der Waals surface area contributed by atoms with Crippen LogP contribution in [0.1, 0.15) is 0 Å². The third-order valence-electron chi connectivity index (χ3n) is 4.19. The molecule has 1 aliphatic rings. The quantitative estimate of drug-likeness (QED) is 0.450. The van der Waals surface area contributed by atoms with E-state index in [9.17, 15) is 13.2 Å². The van der Waals surface area contributed by atoms with Crippen molar-refractivity contribution in [2.24, 2.45) is 0 Å². The smallest absolute Gasteiger partial charge is 0.244 e. The maximum Gasteiger partial charge on any atom is 0.244 e. The Balaban J connectivity index is 1.56. The summed E-state index contributed by atoms with van der Waals surface area (Å²) < 4.78 is 31.9. The fourth-order valence-corrected chi connectivity index (χ4v) is 5.45. The lowest BCUT2D eigenvalue weighted by Gasteiger charge is -2.25. The Kier molecular flexibility index (Phi) is 8.34. The van der Waals surface area contributed by atoms with Crippen molar-refractivity contribution < 1.29 is 17.9 Å². The largest absolute Gasteiger partial charge is 0.379 e. The second-order valence-corrected chi connectivity index (χ2v) is 10.3. The molecule has 0 atom stereocenters. The highest BCUT2D eigenvalue weighted by Gasteiger charge is 2.26. The standard InChI is InChI=1S/C20H23N3O4S3/c1-2-13-28-18-6-4-3-5-17(18)22-19(24)15-29-20-8-7-16(14-21-20)30(25,26)23-9-11-27-12-10-23/h2-8,14H,1,9-13,15H2,(H,22,24). The van der Waals surface area contributed by atoms with Crippen molar-refractivity contribution in [2.45, 2.75) is 14.8 Å². The molecular formula is C20H23N3O4S3. The summed E-state index contributed by atoms with van der Waals surface area (Å²) in [6.45, 7) is 5.18. The zero-order valence-corrected chi connectivity index (χ0v) is 18.8. The van der Waals surface area contributed by atoms with Crippen LogP contribution in [-0.2, 0) is 19.6 Å². The van der Waals surface area contributed by atoms with Crippen molar-refractivity contribution in [1.82, 2.24) is 9.29 Å². The van der Waals surface area contributed by atoms with Gasteiger partial charge in [0.2, 0.25) is 15.9 Å². The van der Waals surface area contributed by atoms with Gasteiger partial charge >= 0.3 is 0 Å². The second kappa shape index (κ2) is 11.0. The number of thioether (sulfide) groups is 2. The van der Waals surface area contributed by atoms with E-state index in [1.807, 2.05) is 30.3 Å². The molecule has 3 rings (SSSR count). The number of benzene rings is 1. The average Bonchev–Trinajstić information content (AvgIpc) is 2.78. The molecule has 0 aliphatic carbocycles. The number of carbonyl (C=O) groups excluding carboxylic acids is 1. The Morgan fingerprint density at radius 1 is 1.20 bits per heavy atom. The van der Waals surface area contributed by atoms with E-state index in [1.54, 1.807) is 17.8 Å². The number of hydrogen-bond acceptors (Lipinski definition) is 7. The third-order valence-corrected chi connectivity index (χ3v) is 8.08. The summed E-state index contributed by atoms with van der Waals surface area (Å²) in [5.74, 6) is 0.771. The highest BCUT2D eigenvalue weighted by molar-refractivity contribution is 8.00. The van der Waals surface area contributed by atoms with Crippen LogP contribution in [0.2, 0.25) is 0 Å². The van der Waals surface area contributed by atoms with Gasteiger partial charge in [0.1, 0.15) is 4.90 Å². The van der Waals surface area contributed by atoms with Crippen LogP contribution in [0.25, 0.3) is 0 Å². The summed E-state index contributed by atoms with van der Waals surface area (Å²) in [6.07, 6.45) is 3.15. The van der Waals surface area contributed by atoms with E-state index in [0.717, 1.165) is 16.3 Å². The minimum atomic E-state index is -3.57. The van der Waals surface area contributed by atoms with Gasteiger partial charge in [0.15, 0.2) is 0 Å². The Hall–Kier alpha value is -1.85. The topological polar surface area (TPSA) is 88.6 Å². The van der Waals surface area contributed by atoms with E-state index < -0.39 is 10.0 Å². The second-order valence-electron chi connectivity index (χ2n) is 6.28. The van der Waals surface area contributed by atoms with E-state index in [4.69, 9.17) is 4.74 Å². The number of sulfonamides is 1. The minimum Gasteiger partial charge on any atom is -0.379 e. The Morgan fingerprint density at radius 3 is 2.67 bits per heavy atom. The number of morpholine rings is 1. The number of anilines is 1. The lowest BCUT2D eigenvalue weighted by molar-refractivity contribution is -0.113. The van der Waals surface area contributed by atoms with E-state index in [-0.39, 0.29) is 16.6 Å². The number of nitrogens with one attached hydrogen (secondary N) is 1. The first-order valence-electron chi connectivity index (χ1n) is 9.30. The van der Waals surface area contributed by atoms with E-state index in [0.29, 0.717) is 31.3 Å². The van der Waals surface area contributed by atoms with Crippen molar-refractivity contribution in [3.63, 3.8) is 0 Å². The first-order chi connectivity index (χ1) is 14.5. The lowest BCUT2D eigenvalue weighted by atomic mass is 10.3. The first-order valence-corrected chi connectivity index (χ1v) is 12.7. The van der Waals surface area contributed by atoms with Gasteiger partial charge in [-0.05, 0) is 24.3 Å². The van der Waals surface area contributed by atoms with Crippen molar-refractivity contribution >= 4 is 45.1 Å². The van der Waals surface area contributed by atoms with Gasteiger partial charge in [-0.1, -0.05) is 30.0 Å². The van der Waals surface area contributed by atoms with E-state index in [1.165, 1.54) is 28.3 Å². The molecule has 0 saturated carbocycles. The number of nitrogens with zero attached hydrogens (tertiary/aromatic N) is 2. The number of amides is 1. The summed E-state index contributed by atoms with van der Waals surface area (Å²) in [5.41, 5.74) is 0.759. The van der Waals surface area contributed by atoms with Gasteiger partial charge in [-0.2, -0.15) is 4.31 Å². The molecule has 1 amide bonds. The SMILES string of the molecule is C=CCSc1ccccc1NC(=O)CSc1ccc(S(=O)(=O)N2CCOCC2)cn1. The zero-order chi connectivity index (χ0) is 21.4. The fourth-order valence-electron chi connectivity index (χ4n) is 2.71.